The summed E-state index contributed by atoms with van der Waals surface area (Å²) in [6.07, 6.45) is 2.74. The molecule has 0 saturated heterocycles. The highest BCUT2D eigenvalue weighted by atomic mass is 14.9. The molecule has 0 radical (unpaired) electrons. The third-order valence-corrected chi connectivity index (χ3v) is 1.07. The first kappa shape index (κ1) is 9.62. The van der Waals surface area contributed by atoms with Crippen molar-refractivity contribution in [2.45, 2.75) is 13.8 Å². The minimum Gasteiger partial charge on any atom is -0.383 e. The van der Waals surface area contributed by atoms with E-state index in [1.807, 2.05) is 19.9 Å². The lowest BCUT2D eigenvalue weighted by molar-refractivity contribution is 1.42. The highest BCUT2D eigenvalue weighted by molar-refractivity contribution is 6.00. The second kappa shape index (κ2) is 4.44. The zero-order valence-electron chi connectivity index (χ0n) is 6.89. The number of rotatable bonds is 3. The normalized spacial score (nSPS) is 12.9. The molecule has 0 aliphatic heterocycles. The Kier molecular flexibility index (Phi) is 3.88. The van der Waals surface area contributed by atoms with E-state index in [0.717, 1.165) is 17.5 Å². The number of allylic oxidation sites excluding steroid dienone is 2. The molecule has 0 atom stereocenters. The van der Waals surface area contributed by atoms with Gasteiger partial charge in [-0.05, 0) is 19.4 Å². The van der Waals surface area contributed by atoms with E-state index in [4.69, 9.17) is 11.1 Å². The Bertz CT molecular complexity index is 223. The van der Waals surface area contributed by atoms with Crippen LogP contribution in [0.4, 0.5) is 0 Å². The Morgan fingerprint density at radius 1 is 1.55 bits per heavy atom. The minimum absolute atomic E-state index is 0.364. The van der Waals surface area contributed by atoms with Gasteiger partial charge in [0.2, 0.25) is 0 Å². The summed E-state index contributed by atoms with van der Waals surface area (Å²) in [5, 5.41) is 6.67. The molecular formula is C8H13N3. The van der Waals surface area contributed by atoms with Crippen LogP contribution in [0.3, 0.4) is 0 Å². The first-order valence-electron chi connectivity index (χ1n) is 3.24. The van der Waals surface area contributed by atoms with Crippen LogP contribution in [0.1, 0.15) is 13.8 Å². The third kappa shape index (κ3) is 4.08. The molecule has 0 saturated carbocycles. The largest absolute Gasteiger partial charge is 0.383 e. The molecule has 0 bridgehead atoms. The van der Waals surface area contributed by atoms with Crippen LogP contribution in [0.5, 0.6) is 0 Å². The van der Waals surface area contributed by atoms with Crippen molar-refractivity contribution in [3.8, 4) is 0 Å². The van der Waals surface area contributed by atoms with Crippen LogP contribution in [0, 0.1) is 5.41 Å². The maximum absolute atomic E-state index is 6.67. The highest BCUT2D eigenvalue weighted by Crippen LogP contribution is 1.98. The molecule has 0 rings (SSSR count). The summed E-state index contributed by atoms with van der Waals surface area (Å²) >= 11 is 0. The number of nitrogens with one attached hydrogen (secondary N) is 1. The van der Waals surface area contributed by atoms with E-state index < -0.39 is 0 Å². The Hall–Kier alpha value is -1.38. The van der Waals surface area contributed by atoms with Gasteiger partial charge in [0.1, 0.15) is 12.2 Å². The van der Waals surface area contributed by atoms with Gasteiger partial charge in [0.15, 0.2) is 0 Å². The smallest absolute Gasteiger partial charge is 0.128 e. The molecule has 3 nitrogen and oxygen atoms in total. The molecule has 60 valence electrons. The lowest BCUT2D eigenvalue weighted by atomic mass is 10.2. The summed E-state index contributed by atoms with van der Waals surface area (Å²) in [5.41, 5.74) is 7.22. The van der Waals surface area contributed by atoms with Gasteiger partial charge in [-0.2, -0.15) is 0 Å². The van der Waals surface area contributed by atoms with Crippen LogP contribution in [0.2, 0.25) is 0 Å². The van der Waals surface area contributed by atoms with Crippen LogP contribution in [-0.2, 0) is 0 Å². The molecule has 0 aliphatic carbocycles. The van der Waals surface area contributed by atoms with E-state index in [1.165, 1.54) is 0 Å². The maximum atomic E-state index is 6.67. The van der Waals surface area contributed by atoms with Crippen LogP contribution >= 0.6 is 0 Å². The Morgan fingerprint density at radius 3 is 2.45 bits per heavy atom. The second-order valence-electron chi connectivity index (χ2n) is 2.32. The molecule has 0 aromatic heterocycles. The summed E-state index contributed by atoms with van der Waals surface area (Å²) in [5.74, 6) is 0.364. The van der Waals surface area contributed by atoms with E-state index in [1.54, 1.807) is 0 Å². The van der Waals surface area contributed by atoms with Gasteiger partial charge in [-0.15, -0.1) is 0 Å². The molecular weight excluding hydrogens is 138 g/mol. The fourth-order valence-electron chi connectivity index (χ4n) is 0.615. The lowest BCUT2D eigenvalue weighted by Crippen LogP contribution is -2.13. The third-order valence-electron chi connectivity index (χ3n) is 1.07. The first-order chi connectivity index (χ1) is 5.07. The molecule has 0 fully saturated rings. The van der Waals surface area contributed by atoms with E-state index in [0.29, 0.717) is 5.84 Å². The van der Waals surface area contributed by atoms with Gasteiger partial charge in [0, 0.05) is 0 Å². The fraction of sp³-hybridized carbons (Fsp3) is 0.250. The summed E-state index contributed by atoms with van der Waals surface area (Å²) < 4.78 is 0. The summed E-state index contributed by atoms with van der Waals surface area (Å²) in [7, 11) is 0. The van der Waals surface area contributed by atoms with Crippen molar-refractivity contribution >= 4 is 12.2 Å². The van der Waals surface area contributed by atoms with Crippen molar-refractivity contribution < 1.29 is 0 Å². The zero-order valence-corrected chi connectivity index (χ0v) is 6.89. The predicted octanol–water partition coefficient (Wildman–Crippen LogP) is 1.47. The highest BCUT2D eigenvalue weighted by Gasteiger charge is 1.92. The van der Waals surface area contributed by atoms with Crippen molar-refractivity contribution in [3.63, 3.8) is 0 Å². The van der Waals surface area contributed by atoms with E-state index >= 15 is 0 Å². The first-order valence-corrected chi connectivity index (χ1v) is 3.24. The molecule has 0 aliphatic rings. The van der Waals surface area contributed by atoms with Crippen molar-refractivity contribution in [1.82, 2.24) is 0 Å². The van der Waals surface area contributed by atoms with Gasteiger partial charge < -0.3 is 5.73 Å². The predicted molar refractivity (Wildman–Crippen MR) is 49.0 cm³/mol. The number of nitrogens with zero attached hydrogens (tertiary/aromatic N) is 1. The number of aliphatic imine (C=N–C) groups is 1. The van der Waals surface area contributed by atoms with Gasteiger partial charge in [0.05, 0.1) is 0 Å². The van der Waals surface area contributed by atoms with Gasteiger partial charge in [-0.3, -0.25) is 5.41 Å². The van der Waals surface area contributed by atoms with Gasteiger partial charge in [0.25, 0.3) is 0 Å². The van der Waals surface area contributed by atoms with E-state index in [-0.39, 0.29) is 0 Å². The summed E-state index contributed by atoms with van der Waals surface area (Å²) in [4.78, 5) is 3.60. The zero-order chi connectivity index (χ0) is 8.85. The SMILES string of the molecule is C=C(C)C=C(C)C(N)=NC=N. The second-order valence-corrected chi connectivity index (χ2v) is 2.32. The van der Waals surface area contributed by atoms with Crippen LogP contribution in [0.25, 0.3) is 0 Å². The average Bonchev–Trinajstić information content (AvgIpc) is 1.86. The molecule has 0 unspecified atom stereocenters. The van der Waals surface area contributed by atoms with E-state index in [2.05, 4.69) is 11.6 Å². The van der Waals surface area contributed by atoms with E-state index in [9.17, 15) is 0 Å². The molecule has 0 aromatic carbocycles. The van der Waals surface area contributed by atoms with Crippen molar-refractivity contribution in [1.29, 1.82) is 5.41 Å². The number of hydrogen-bond acceptors (Lipinski definition) is 1. The molecule has 0 spiro atoms. The minimum atomic E-state index is 0.364. The molecule has 0 heterocycles. The maximum Gasteiger partial charge on any atom is 0.128 e. The molecule has 3 N–H and O–H groups in total. The van der Waals surface area contributed by atoms with Crippen LogP contribution in [0.15, 0.2) is 28.8 Å². The quantitative estimate of drug-likeness (QED) is 0.358. The molecule has 0 amide bonds. The topological polar surface area (TPSA) is 62.2 Å². The average molecular weight is 151 g/mol. The number of nitrogens with two attached hydrogens (primary N) is 1. The summed E-state index contributed by atoms with van der Waals surface area (Å²) in [6.45, 7) is 7.40. The van der Waals surface area contributed by atoms with Crippen molar-refractivity contribution in [2.24, 2.45) is 10.7 Å². The standard InChI is InChI=1S/C8H13N3/c1-6(2)4-7(3)8(10)11-5-9/h4-5H,1H2,2-3H3,(H3,9,10,11). The Balaban J connectivity index is 4.47. The lowest BCUT2D eigenvalue weighted by Gasteiger charge is -1.97. The van der Waals surface area contributed by atoms with Crippen molar-refractivity contribution in [2.75, 3.05) is 0 Å². The Morgan fingerprint density at radius 2 is 2.09 bits per heavy atom. The van der Waals surface area contributed by atoms with Crippen LogP contribution in [-0.4, -0.2) is 12.2 Å². The summed E-state index contributed by atoms with van der Waals surface area (Å²) in [6, 6.07) is 0. The van der Waals surface area contributed by atoms with Crippen LogP contribution < -0.4 is 5.73 Å². The molecule has 3 heteroatoms. The molecule has 11 heavy (non-hydrogen) atoms. The van der Waals surface area contributed by atoms with Gasteiger partial charge >= 0.3 is 0 Å². The number of amidine groups is 1. The molecule has 0 aromatic rings. The Labute approximate surface area is 66.8 Å². The van der Waals surface area contributed by atoms with Gasteiger partial charge in [-0.25, -0.2) is 4.99 Å². The fourth-order valence-corrected chi connectivity index (χ4v) is 0.615. The monoisotopic (exact) mass is 151 g/mol. The van der Waals surface area contributed by atoms with Crippen molar-refractivity contribution in [3.05, 3.63) is 23.8 Å². The number of hydrogen-bond donors (Lipinski definition) is 2. The van der Waals surface area contributed by atoms with Gasteiger partial charge in [-0.1, -0.05) is 18.2 Å².